The van der Waals surface area contributed by atoms with Crippen molar-refractivity contribution in [3.63, 3.8) is 0 Å². The lowest BCUT2D eigenvalue weighted by atomic mass is 10.2. The maximum Gasteiger partial charge on any atom is 0.191 e. The van der Waals surface area contributed by atoms with Crippen molar-refractivity contribution in [3.05, 3.63) is 23.8 Å². The lowest BCUT2D eigenvalue weighted by Crippen LogP contribution is -2.38. The molecule has 0 unspecified atom stereocenters. The van der Waals surface area contributed by atoms with Crippen molar-refractivity contribution in [2.45, 2.75) is 51.7 Å². The molecule has 0 spiro atoms. The van der Waals surface area contributed by atoms with Gasteiger partial charge in [-0.05, 0) is 38.3 Å². The molecule has 2 N–H and O–H groups in total. The summed E-state index contributed by atoms with van der Waals surface area (Å²) in [6.45, 7) is 5.08. The number of methoxy groups -OCH3 is 2. The highest BCUT2D eigenvalue weighted by Gasteiger charge is 2.14. The summed E-state index contributed by atoms with van der Waals surface area (Å²) in [6, 6.07) is 5.79. The minimum Gasteiger partial charge on any atom is -0.497 e. The van der Waals surface area contributed by atoms with E-state index in [-0.39, 0.29) is 24.0 Å². The minimum absolute atomic E-state index is 0. The van der Waals surface area contributed by atoms with Gasteiger partial charge in [-0.3, -0.25) is 0 Å². The van der Waals surface area contributed by atoms with Gasteiger partial charge in [0.2, 0.25) is 0 Å². The molecule has 6 nitrogen and oxygen atoms in total. The second kappa shape index (κ2) is 13.9. The van der Waals surface area contributed by atoms with E-state index >= 15 is 0 Å². The third kappa shape index (κ3) is 8.55. The summed E-state index contributed by atoms with van der Waals surface area (Å²) in [5, 5.41) is 6.65. The molecule has 0 atom stereocenters. The third-order valence-corrected chi connectivity index (χ3v) is 4.52. The Balaban J connectivity index is 0.00000364. The van der Waals surface area contributed by atoms with Crippen molar-refractivity contribution in [2.75, 3.05) is 33.9 Å². The first kappa shape index (κ1) is 23.8. The van der Waals surface area contributed by atoms with Gasteiger partial charge in [0.25, 0.3) is 0 Å². The van der Waals surface area contributed by atoms with Gasteiger partial charge in [0.05, 0.1) is 26.9 Å². The first-order valence-corrected chi connectivity index (χ1v) is 9.61. The summed E-state index contributed by atoms with van der Waals surface area (Å²) < 4.78 is 16.6. The number of hydrogen-bond donors (Lipinski definition) is 2. The molecule has 0 bridgehead atoms. The number of nitrogens with zero attached hydrogens (tertiary/aromatic N) is 1. The highest BCUT2D eigenvalue weighted by Crippen LogP contribution is 2.25. The number of aliphatic imine (C=N–C) groups is 1. The number of ether oxygens (including phenoxy) is 3. The van der Waals surface area contributed by atoms with Crippen LogP contribution in [-0.2, 0) is 11.3 Å². The average molecular weight is 491 g/mol. The van der Waals surface area contributed by atoms with E-state index in [1.807, 2.05) is 18.2 Å². The van der Waals surface area contributed by atoms with Crippen LogP contribution in [0.2, 0.25) is 0 Å². The van der Waals surface area contributed by atoms with Crippen molar-refractivity contribution >= 4 is 29.9 Å². The van der Waals surface area contributed by atoms with Crippen LogP contribution in [0.15, 0.2) is 23.2 Å². The fourth-order valence-corrected chi connectivity index (χ4v) is 3.07. The molecule has 0 aromatic heterocycles. The zero-order valence-corrected chi connectivity index (χ0v) is 19.1. The number of hydrogen-bond acceptors (Lipinski definition) is 4. The van der Waals surface area contributed by atoms with Crippen molar-refractivity contribution in [3.8, 4) is 11.5 Å². The topological polar surface area (TPSA) is 64.1 Å². The molecule has 1 fully saturated rings. The maximum atomic E-state index is 5.90. The Morgan fingerprint density at radius 1 is 1.15 bits per heavy atom. The van der Waals surface area contributed by atoms with Crippen molar-refractivity contribution < 1.29 is 14.2 Å². The number of guanidine groups is 1. The second-order valence-electron chi connectivity index (χ2n) is 6.43. The van der Waals surface area contributed by atoms with Gasteiger partial charge in [0.1, 0.15) is 11.5 Å². The first-order valence-electron chi connectivity index (χ1n) is 9.61. The van der Waals surface area contributed by atoms with E-state index in [1.54, 1.807) is 14.2 Å². The van der Waals surface area contributed by atoms with E-state index in [0.29, 0.717) is 12.6 Å². The molecule has 1 saturated carbocycles. The Morgan fingerprint density at radius 2 is 1.93 bits per heavy atom. The maximum absolute atomic E-state index is 5.90. The lowest BCUT2D eigenvalue weighted by molar-refractivity contribution is 0.0574. The average Bonchev–Trinajstić information content (AvgIpc) is 3.19. The zero-order chi connectivity index (χ0) is 18.6. The molecular formula is C20H34IN3O3. The summed E-state index contributed by atoms with van der Waals surface area (Å²) in [6.07, 6.45) is 6.54. The second-order valence-corrected chi connectivity index (χ2v) is 6.43. The fraction of sp³-hybridized carbons (Fsp3) is 0.650. The molecule has 27 heavy (non-hydrogen) atoms. The first-order chi connectivity index (χ1) is 12.8. The molecule has 0 saturated heterocycles. The monoisotopic (exact) mass is 491 g/mol. The molecule has 1 aromatic rings. The fourth-order valence-electron chi connectivity index (χ4n) is 3.07. The molecule has 1 aromatic carbocycles. The number of halogens is 1. The van der Waals surface area contributed by atoms with Crippen LogP contribution in [0.25, 0.3) is 0 Å². The van der Waals surface area contributed by atoms with Crippen LogP contribution in [0.1, 0.15) is 44.6 Å². The van der Waals surface area contributed by atoms with Crippen LogP contribution in [0, 0.1) is 0 Å². The number of benzene rings is 1. The van der Waals surface area contributed by atoms with Crippen LogP contribution in [0.4, 0.5) is 0 Å². The summed E-state index contributed by atoms with van der Waals surface area (Å²) in [5.41, 5.74) is 1.02. The number of rotatable bonds is 10. The Morgan fingerprint density at radius 3 is 2.59 bits per heavy atom. The van der Waals surface area contributed by atoms with Crippen molar-refractivity contribution in [1.29, 1.82) is 0 Å². The largest absolute Gasteiger partial charge is 0.497 e. The standard InChI is InChI=1S/C20H33N3O3.HI/c1-4-21-20(22-12-7-13-26-17-8-5-6-9-17)23-15-16-10-11-18(24-2)14-19(16)25-3;/h10-11,14,17H,4-9,12-13,15H2,1-3H3,(H2,21,22,23);1H. The van der Waals surface area contributed by atoms with E-state index in [4.69, 9.17) is 14.2 Å². The van der Waals surface area contributed by atoms with E-state index in [9.17, 15) is 0 Å². The van der Waals surface area contributed by atoms with Gasteiger partial charge in [0.15, 0.2) is 5.96 Å². The molecule has 0 aliphatic heterocycles. The quantitative estimate of drug-likeness (QED) is 0.226. The zero-order valence-electron chi connectivity index (χ0n) is 16.8. The molecular weight excluding hydrogens is 457 g/mol. The van der Waals surface area contributed by atoms with E-state index < -0.39 is 0 Å². The van der Waals surface area contributed by atoms with Gasteiger partial charge >= 0.3 is 0 Å². The van der Waals surface area contributed by atoms with Gasteiger partial charge in [0, 0.05) is 31.3 Å². The highest BCUT2D eigenvalue weighted by molar-refractivity contribution is 14.0. The predicted octanol–water partition coefficient (Wildman–Crippen LogP) is 3.73. The van der Waals surface area contributed by atoms with E-state index in [0.717, 1.165) is 49.1 Å². The molecule has 7 heteroatoms. The van der Waals surface area contributed by atoms with Crippen LogP contribution >= 0.6 is 24.0 Å². The SMILES string of the molecule is CCNC(=NCc1ccc(OC)cc1OC)NCCCOC1CCCC1.I. The van der Waals surface area contributed by atoms with Crippen molar-refractivity contribution in [1.82, 2.24) is 10.6 Å². The predicted molar refractivity (Wildman–Crippen MR) is 121 cm³/mol. The number of nitrogens with one attached hydrogen (secondary N) is 2. The van der Waals surface area contributed by atoms with Gasteiger partial charge in [-0.1, -0.05) is 12.8 Å². The minimum atomic E-state index is 0. The summed E-state index contributed by atoms with van der Waals surface area (Å²) in [5.74, 6) is 2.38. The van der Waals surface area contributed by atoms with Gasteiger partial charge in [-0.15, -0.1) is 24.0 Å². The molecule has 0 heterocycles. The molecule has 2 rings (SSSR count). The van der Waals surface area contributed by atoms with E-state index in [1.165, 1.54) is 25.7 Å². The van der Waals surface area contributed by atoms with Crippen LogP contribution < -0.4 is 20.1 Å². The normalized spacial score (nSPS) is 14.6. The van der Waals surface area contributed by atoms with Crippen LogP contribution in [0.5, 0.6) is 11.5 Å². The summed E-state index contributed by atoms with van der Waals surface area (Å²) in [4.78, 5) is 4.66. The van der Waals surface area contributed by atoms with Gasteiger partial charge in [-0.25, -0.2) is 4.99 Å². The molecule has 154 valence electrons. The Hall–Kier alpha value is -1.22. The van der Waals surface area contributed by atoms with Gasteiger partial charge in [-0.2, -0.15) is 0 Å². The molecule has 0 amide bonds. The van der Waals surface area contributed by atoms with Crippen LogP contribution in [-0.4, -0.2) is 46.0 Å². The lowest BCUT2D eigenvalue weighted by Gasteiger charge is -2.14. The van der Waals surface area contributed by atoms with Crippen molar-refractivity contribution in [2.24, 2.45) is 4.99 Å². The van der Waals surface area contributed by atoms with Crippen LogP contribution in [0.3, 0.4) is 0 Å². The Kier molecular flexibility index (Phi) is 12.2. The summed E-state index contributed by atoms with van der Waals surface area (Å²) in [7, 11) is 3.31. The summed E-state index contributed by atoms with van der Waals surface area (Å²) >= 11 is 0. The smallest absolute Gasteiger partial charge is 0.191 e. The Bertz CT molecular complexity index is 563. The molecule has 1 aliphatic carbocycles. The van der Waals surface area contributed by atoms with Gasteiger partial charge < -0.3 is 24.8 Å². The third-order valence-electron chi connectivity index (χ3n) is 4.52. The van der Waals surface area contributed by atoms with E-state index in [2.05, 4.69) is 22.5 Å². The molecule has 1 aliphatic rings. The molecule has 0 radical (unpaired) electrons. The Labute approximate surface area is 180 Å². The highest BCUT2D eigenvalue weighted by atomic mass is 127.